The van der Waals surface area contributed by atoms with Crippen LogP contribution in [0.5, 0.6) is 5.88 Å². The molecule has 194 valence electrons. The van der Waals surface area contributed by atoms with E-state index in [-0.39, 0.29) is 23.9 Å². The van der Waals surface area contributed by atoms with Gasteiger partial charge in [0.1, 0.15) is 0 Å². The van der Waals surface area contributed by atoms with Crippen molar-refractivity contribution in [1.82, 2.24) is 15.2 Å². The summed E-state index contributed by atoms with van der Waals surface area (Å²) in [5.74, 6) is 0.525. The van der Waals surface area contributed by atoms with Gasteiger partial charge < -0.3 is 20.3 Å². The third kappa shape index (κ3) is 4.72. The van der Waals surface area contributed by atoms with Crippen LogP contribution in [0.15, 0.2) is 83.9 Å². The molecule has 7 rings (SSSR count). The number of nitrogens with zero attached hydrogens (tertiary/aromatic N) is 2. The second-order valence-corrected chi connectivity index (χ2v) is 10.5. The molecule has 38 heavy (non-hydrogen) atoms. The number of H-pyrrole nitrogens is 1. The van der Waals surface area contributed by atoms with Crippen LogP contribution >= 0.6 is 0 Å². The Morgan fingerprint density at radius 1 is 1.03 bits per heavy atom. The van der Waals surface area contributed by atoms with Crippen molar-refractivity contribution in [3.05, 3.63) is 101 Å². The molecule has 3 N–H and O–H groups in total. The van der Waals surface area contributed by atoms with Gasteiger partial charge in [-0.15, -0.1) is 0 Å². The molecule has 4 aromatic rings. The summed E-state index contributed by atoms with van der Waals surface area (Å²) in [6.45, 7) is 5.35. The van der Waals surface area contributed by atoms with E-state index in [0.717, 1.165) is 53.8 Å². The van der Waals surface area contributed by atoms with Crippen LogP contribution in [-0.2, 0) is 0 Å². The summed E-state index contributed by atoms with van der Waals surface area (Å²) >= 11 is 0. The Labute approximate surface area is 223 Å². The smallest absolute Gasteiger partial charge is 0.251 e. The van der Waals surface area contributed by atoms with Crippen molar-refractivity contribution >= 4 is 22.5 Å². The third-order valence-electron chi connectivity index (χ3n) is 8.16. The van der Waals surface area contributed by atoms with Crippen LogP contribution in [0.4, 0.5) is 0 Å². The monoisotopic (exact) mass is 506 g/mol. The van der Waals surface area contributed by atoms with Gasteiger partial charge in [0.2, 0.25) is 0 Å². The van der Waals surface area contributed by atoms with Crippen LogP contribution < -0.4 is 5.32 Å². The Bertz CT molecular complexity index is 1450. The van der Waals surface area contributed by atoms with Gasteiger partial charge in [0.05, 0.1) is 23.4 Å². The minimum atomic E-state index is -0.137. The summed E-state index contributed by atoms with van der Waals surface area (Å²) in [4.78, 5) is 24.1. The van der Waals surface area contributed by atoms with Crippen molar-refractivity contribution in [2.24, 2.45) is 10.9 Å². The third-order valence-corrected chi connectivity index (χ3v) is 8.16. The standard InChI is InChI=1S/C32H34N4O2/c1-2-26(21-9-5-3-6-10-21)34-31(37)24-13-14-25-27(19-24)35-32(38)29(25)30(23-11-7-4-8-12-23)33-28-20-36-17-15-22(28)16-18-36/h3-14,19,22,26,28,35,38H,2,15-18,20H2,1H3,(H,34,37)/t26-,28-/m1/s1. The normalized spacial score (nSPS) is 21.9. The van der Waals surface area contributed by atoms with E-state index in [2.05, 4.69) is 34.3 Å². The van der Waals surface area contributed by atoms with Crippen LogP contribution in [0.3, 0.4) is 0 Å². The number of nitrogens with one attached hydrogen (secondary N) is 2. The first kappa shape index (κ1) is 24.4. The molecule has 3 fully saturated rings. The molecule has 1 aromatic heterocycles. The number of aromatic hydroxyl groups is 1. The van der Waals surface area contributed by atoms with Crippen LogP contribution in [0.2, 0.25) is 0 Å². The molecule has 3 aromatic carbocycles. The van der Waals surface area contributed by atoms with Crippen LogP contribution in [-0.4, -0.2) is 52.3 Å². The summed E-state index contributed by atoms with van der Waals surface area (Å²) in [6.07, 6.45) is 3.15. The van der Waals surface area contributed by atoms with Crippen molar-refractivity contribution in [2.75, 3.05) is 19.6 Å². The summed E-state index contributed by atoms with van der Waals surface area (Å²) < 4.78 is 0. The summed E-state index contributed by atoms with van der Waals surface area (Å²) in [6, 6.07) is 25.9. The van der Waals surface area contributed by atoms with Crippen LogP contribution in [0.25, 0.3) is 10.9 Å². The molecule has 6 heteroatoms. The zero-order chi connectivity index (χ0) is 26.1. The zero-order valence-electron chi connectivity index (χ0n) is 21.7. The first-order valence-electron chi connectivity index (χ1n) is 13.7. The quantitative estimate of drug-likeness (QED) is 0.282. The van der Waals surface area contributed by atoms with Gasteiger partial charge in [-0.05, 0) is 56.0 Å². The molecule has 2 bridgehead atoms. The number of aromatic amines is 1. The Kier molecular flexibility index (Phi) is 6.73. The lowest BCUT2D eigenvalue weighted by atomic mass is 9.84. The SMILES string of the molecule is CC[C@@H](NC(=O)c1ccc2c(C(=N[C@@H]3CN4CCC3CC4)c3ccccc3)c(O)[nH]c2c1)c1ccccc1. The van der Waals surface area contributed by atoms with Crippen molar-refractivity contribution in [2.45, 2.75) is 38.3 Å². The number of benzene rings is 3. The molecule has 0 aliphatic carbocycles. The van der Waals surface area contributed by atoms with Gasteiger partial charge in [-0.25, -0.2) is 0 Å². The topological polar surface area (TPSA) is 80.7 Å². The predicted molar refractivity (Wildman–Crippen MR) is 152 cm³/mol. The Morgan fingerprint density at radius 2 is 1.74 bits per heavy atom. The summed E-state index contributed by atoms with van der Waals surface area (Å²) in [5.41, 5.74) is 4.84. The van der Waals surface area contributed by atoms with Gasteiger partial charge in [-0.2, -0.15) is 0 Å². The van der Waals surface area contributed by atoms with Crippen molar-refractivity contribution in [3.8, 4) is 5.88 Å². The number of carbonyl (C=O) groups excluding carboxylic acids is 1. The highest BCUT2D eigenvalue weighted by Gasteiger charge is 2.34. The summed E-state index contributed by atoms with van der Waals surface area (Å²) in [7, 11) is 0. The van der Waals surface area contributed by atoms with Gasteiger partial charge in [0, 0.05) is 28.6 Å². The number of hydrogen-bond acceptors (Lipinski definition) is 4. The Balaban J connectivity index is 1.35. The van der Waals surface area contributed by atoms with E-state index in [1.807, 2.05) is 66.7 Å². The van der Waals surface area contributed by atoms with Crippen molar-refractivity contribution in [1.29, 1.82) is 0 Å². The van der Waals surface area contributed by atoms with E-state index in [0.29, 0.717) is 17.0 Å². The van der Waals surface area contributed by atoms with Gasteiger partial charge in [-0.1, -0.05) is 73.7 Å². The molecule has 6 nitrogen and oxygen atoms in total. The lowest BCUT2D eigenvalue weighted by Gasteiger charge is -2.43. The average molecular weight is 507 g/mol. The molecule has 0 unspecified atom stereocenters. The van der Waals surface area contributed by atoms with E-state index >= 15 is 0 Å². The van der Waals surface area contributed by atoms with E-state index in [4.69, 9.17) is 4.99 Å². The molecule has 3 aliphatic heterocycles. The average Bonchev–Trinajstić information content (AvgIpc) is 3.30. The number of aromatic nitrogens is 1. The number of piperidine rings is 3. The second-order valence-electron chi connectivity index (χ2n) is 10.5. The molecule has 1 amide bonds. The lowest BCUT2D eigenvalue weighted by molar-refractivity contribution is 0.0907. The molecule has 0 spiro atoms. The molecule has 4 heterocycles. The fourth-order valence-electron chi connectivity index (χ4n) is 6.04. The Morgan fingerprint density at radius 3 is 2.39 bits per heavy atom. The largest absolute Gasteiger partial charge is 0.494 e. The Hall–Kier alpha value is -3.90. The highest BCUT2D eigenvalue weighted by molar-refractivity contribution is 6.21. The maximum Gasteiger partial charge on any atom is 0.251 e. The van der Waals surface area contributed by atoms with Gasteiger partial charge in [0.15, 0.2) is 5.88 Å². The fraction of sp³-hybridized carbons (Fsp3) is 0.312. The van der Waals surface area contributed by atoms with Gasteiger partial charge in [0.25, 0.3) is 5.91 Å². The minimum absolute atomic E-state index is 0.0645. The molecule has 0 radical (unpaired) electrons. The van der Waals surface area contributed by atoms with E-state index in [9.17, 15) is 9.90 Å². The second kappa shape index (κ2) is 10.5. The first-order valence-corrected chi connectivity index (χ1v) is 13.7. The number of hydrogen-bond donors (Lipinski definition) is 3. The number of aliphatic imine (C=N–C) groups is 1. The van der Waals surface area contributed by atoms with E-state index in [1.165, 1.54) is 12.8 Å². The van der Waals surface area contributed by atoms with E-state index in [1.54, 1.807) is 0 Å². The predicted octanol–water partition coefficient (Wildman–Crippen LogP) is 5.69. The molecule has 3 saturated heterocycles. The van der Waals surface area contributed by atoms with Crippen molar-refractivity contribution < 1.29 is 9.90 Å². The molecule has 3 aliphatic rings. The number of rotatable bonds is 7. The van der Waals surface area contributed by atoms with Crippen LogP contribution in [0.1, 0.15) is 59.3 Å². The van der Waals surface area contributed by atoms with Gasteiger partial charge >= 0.3 is 0 Å². The highest BCUT2D eigenvalue weighted by Crippen LogP contribution is 2.34. The number of fused-ring (bicyclic) bond motifs is 4. The van der Waals surface area contributed by atoms with Gasteiger partial charge in [-0.3, -0.25) is 9.79 Å². The maximum absolute atomic E-state index is 13.2. The maximum atomic E-state index is 13.2. The number of carbonyl (C=O) groups is 1. The molecule has 2 atom stereocenters. The first-order chi connectivity index (χ1) is 18.6. The molecular formula is C32H34N4O2. The highest BCUT2D eigenvalue weighted by atomic mass is 16.3. The van der Waals surface area contributed by atoms with Crippen LogP contribution in [0, 0.1) is 5.92 Å². The van der Waals surface area contributed by atoms with Crippen molar-refractivity contribution in [3.63, 3.8) is 0 Å². The number of amides is 1. The fourth-order valence-corrected chi connectivity index (χ4v) is 6.04. The minimum Gasteiger partial charge on any atom is -0.494 e. The molecular weight excluding hydrogens is 472 g/mol. The zero-order valence-corrected chi connectivity index (χ0v) is 21.7. The summed E-state index contributed by atoms with van der Waals surface area (Å²) in [5, 5.41) is 15.2. The van der Waals surface area contributed by atoms with E-state index < -0.39 is 0 Å². The molecule has 0 saturated carbocycles. The lowest BCUT2D eigenvalue weighted by Crippen LogP contribution is -2.49.